The number of aromatic amines is 2. The van der Waals surface area contributed by atoms with Gasteiger partial charge >= 0.3 is 0 Å². The van der Waals surface area contributed by atoms with Gasteiger partial charge in [0.05, 0.1) is 40.5 Å². The van der Waals surface area contributed by atoms with Crippen molar-refractivity contribution in [3.8, 4) is 33.1 Å². The SMILES string of the molecule is CCC(=O)Nc1cncc(-c2ccc3[nH]nc(-c4cc5c(-c6cccs6)cncc5[nH]4)c3n2)c1. The van der Waals surface area contributed by atoms with Crippen molar-refractivity contribution in [2.45, 2.75) is 13.3 Å². The van der Waals surface area contributed by atoms with E-state index in [1.807, 2.05) is 43.6 Å². The van der Waals surface area contributed by atoms with Gasteiger partial charge in [-0.1, -0.05) is 13.0 Å². The molecule has 8 nitrogen and oxygen atoms in total. The zero-order valence-electron chi connectivity index (χ0n) is 18.2. The van der Waals surface area contributed by atoms with Crippen LogP contribution in [0.15, 0.2) is 66.6 Å². The Morgan fingerprint density at radius 2 is 1.97 bits per heavy atom. The summed E-state index contributed by atoms with van der Waals surface area (Å²) in [6.45, 7) is 1.81. The van der Waals surface area contributed by atoms with Crippen molar-refractivity contribution in [1.29, 1.82) is 0 Å². The highest BCUT2D eigenvalue weighted by atomic mass is 32.1. The summed E-state index contributed by atoms with van der Waals surface area (Å²) >= 11 is 1.69. The van der Waals surface area contributed by atoms with E-state index in [1.54, 1.807) is 23.7 Å². The Morgan fingerprint density at radius 3 is 2.82 bits per heavy atom. The summed E-state index contributed by atoms with van der Waals surface area (Å²) in [5.74, 6) is -0.0605. The van der Waals surface area contributed by atoms with Crippen LogP contribution < -0.4 is 5.32 Å². The molecule has 0 radical (unpaired) electrons. The Balaban J connectivity index is 1.43. The molecule has 0 aromatic carbocycles. The van der Waals surface area contributed by atoms with E-state index < -0.39 is 0 Å². The molecule has 0 saturated carbocycles. The maximum Gasteiger partial charge on any atom is 0.224 e. The van der Waals surface area contributed by atoms with E-state index in [9.17, 15) is 4.79 Å². The van der Waals surface area contributed by atoms with Crippen LogP contribution >= 0.6 is 11.3 Å². The molecule has 0 aliphatic rings. The number of hydrogen-bond acceptors (Lipinski definition) is 6. The highest BCUT2D eigenvalue weighted by Crippen LogP contribution is 2.35. The molecular formula is C25H19N7OS. The summed E-state index contributed by atoms with van der Waals surface area (Å²) in [5, 5.41) is 13.6. The minimum atomic E-state index is -0.0605. The van der Waals surface area contributed by atoms with Crippen LogP contribution in [0.5, 0.6) is 0 Å². The van der Waals surface area contributed by atoms with Gasteiger partial charge in [0.1, 0.15) is 11.2 Å². The van der Waals surface area contributed by atoms with E-state index >= 15 is 0 Å². The van der Waals surface area contributed by atoms with E-state index in [4.69, 9.17) is 4.98 Å². The first-order valence-electron chi connectivity index (χ1n) is 10.8. The summed E-state index contributed by atoms with van der Waals surface area (Å²) in [7, 11) is 0. The van der Waals surface area contributed by atoms with Gasteiger partial charge in [-0.2, -0.15) is 5.10 Å². The van der Waals surface area contributed by atoms with Gasteiger partial charge < -0.3 is 10.3 Å². The Kier molecular flexibility index (Phi) is 4.88. The van der Waals surface area contributed by atoms with E-state index in [2.05, 4.69) is 48.0 Å². The Labute approximate surface area is 198 Å². The fourth-order valence-electron chi connectivity index (χ4n) is 3.95. The maximum absolute atomic E-state index is 11.8. The number of rotatable bonds is 5. The second-order valence-electron chi connectivity index (χ2n) is 7.84. The molecule has 3 N–H and O–H groups in total. The number of amides is 1. The highest BCUT2D eigenvalue weighted by Gasteiger charge is 2.16. The predicted molar refractivity (Wildman–Crippen MR) is 134 cm³/mol. The third kappa shape index (κ3) is 3.52. The molecule has 6 aromatic heterocycles. The molecular weight excluding hydrogens is 446 g/mol. The third-order valence-corrected chi connectivity index (χ3v) is 6.54. The molecule has 0 aliphatic carbocycles. The van der Waals surface area contributed by atoms with E-state index in [0.29, 0.717) is 12.1 Å². The van der Waals surface area contributed by atoms with Crippen molar-refractivity contribution < 1.29 is 4.79 Å². The number of pyridine rings is 3. The van der Waals surface area contributed by atoms with Crippen molar-refractivity contribution >= 4 is 44.9 Å². The number of aromatic nitrogens is 6. The molecule has 0 bridgehead atoms. The normalized spacial score (nSPS) is 11.3. The molecule has 6 aromatic rings. The summed E-state index contributed by atoms with van der Waals surface area (Å²) in [4.78, 5) is 29.9. The first kappa shape index (κ1) is 20.3. The lowest BCUT2D eigenvalue weighted by atomic mass is 10.1. The summed E-state index contributed by atoms with van der Waals surface area (Å²) in [6.07, 6.45) is 7.48. The number of H-pyrrole nitrogens is 2. The van der Waals surface area contributed by atoms with Crippen molar-refractivity contribution in [1.82, 2.24) is 30.1 Å². The Morgan fingerprint density at radius 1 is 1.06 bits per heavy atom. The molecule has 0 saturated heterocycles. The molecule has 34 heavy (non-hydrogen) atoms. The number of nitrogens with zero attached hydrogens (tertiary/aromatic N) is 4. The zero-order chi connectivity index (χ0) is 23.1. The predicted octanol–water partition coefficient (Wildman–Crippen LogP) is 5.64. The van der Waals surface area contributed by atoms with Crippen LogP contribution in [-0.4, -0.2) is 36.0 Å². The van der Waals surface area contributed by atoms with Gasteiger partial charge in [0, 0.05) is 40.2 Å². The molecule has 166 valence electrons. The van der Waals surface area contributed by atoms with E-state index in [-0.39, 0.29) is 5.91 Å². The number of hydrogen-bond donors (Lipinski definition) is 3. The van der Waals surface area contributed by atoms with Crippen molar-refractivity contribution in [2.75, 3.05) is 5.32 Å². The smallest absolute Gasteiger partial charge is 0.224 e. The summed E-state index contributed by atoms with van der Waals surface area (Å²) in [6, 6.07) is 12.0. The number of nitrogens with one attached hydrogen (secondary N) is 3. The Hall–Kier alpha value is -4.37. The first-order valence-corrected chi connectivity index (χ1v) is 11.7. The third-order valence-electron chi connectivity index (χ3n) is 5.63. The van der Waals surface area contributed by atoms with Crippen LogP contribution in [0, 0.1) is 0 Å². The van der Waals surface area contributed by atoms with Crippen LogP contribution in [0.4, 0.5) is 5.69 Å². The van der Waals surface area contributed by atoms with E-state index in [1.165, 1.54) is 4.88 Å². The highest BCUT2D eigenvalue weighted by molar-refractivity contribution is 7.13. The summed E-state index contributed by atoms with van der Waals surface area (Å²) < 4.78 is 0. The minimum Gasteiger partial charge on any atom is -0.352 e. The van der Waals surface area contributed by atoms with Crippen LogP contribution in [0.25, 0.3) is 55.0 Å². The monoisotopic (exact) mass is 465 g/mol. The number of carbonyl (C=O) groups is 1. The van der Waals surface area contributed by atoms with Gasteiger partial charge in [-0.3, -0.25) is 19.9 Å². The van der Waals surface area contributed by atoms with Crippen LogP contribution in [0.1, 0.15) is 13.3 Å². The van der Waals surface area contributed by atoms with Crippen LogP contribution in [-0.2, 0) is 4.79 Å². The minimum absolute atomic E-state index is 0.0605. The number of fused-ring (bicyclic) bond motifs is 2. The van der Waals surface area contributed by atoms with E-state index in [0.717, 1.165) is 50.1 Å². The molecule has 6 heterocycles. The quantitative estimate of drug-likeness (QED) is 0.305. The lowest BCUT2D eigenvalue weighted by Gasteiger charge is -2.06. The van der Waals surface area contributed by atoms with Crippen molar-refractivity contribution in [2.24, 2.45) is 0 Å². The lowest BCUT2D eigenvalue weighted by molar-refractivity contribution is -0.115. The molecule has 0 fully saturated rings. The van der Waals surface area contributed by atoms with Gasteiger partial charge in [-0.15, -0.1) is 11.3 Å². The van der Waals surface area contributed by atoms with Crippen LogP contribution in [0.3, 0.4) is 0 Å². The van der Waals surface area contributed by atoms with Gasteiger partial charge in [0.25, 0.3) is 0 Å². The number of anilines is 1. The van der Waals surface area contributed by atoms with Crippen molar-refractivity contribution in [3.05, 3.63) is 66.6 Å². The second kappa shape index (κ2) is 8.20. The fraction of sp³-hybridized carbons (Fsp3) is 0.0800. The average Bonchev–Trinajstić information content (AvgIpc) is 3.62. The first-order chi connectivity index (χ1) is 16.7. The zero-order valence-corrected chi connectivity index (χ0v) is 19.0. The molecule has 1 amide bonds. The maximum atomic E-state index is 11.8. The van der Waals surface area contributed by atoms with Crippen molar-refractivity contribution in [3.63, 3.8) is 0 Å². The number of carbonyl (C=O) groups excluding carboxylic acids is 1. The largest absolute Gasteiger partial charge is 0.352 e. The molecule has 6 rings (SSSR count). The average molecular weight is 466 g/mol. The molecule has 0 spiro atoms. The Bertz CT molecular complexity index is 1650. The molecule has 0 unspecified atom stereocenters. The topological polar surface area (TPSA) is 112 Å². The van der Waals surface area contributed by atoms with Gasteiger partial charge in [0.15, 0.2) is 0 Å². The van der Waals surface area contributed by atoms with Gasteiger partial charge in [-0.25, -0.2) is 4.98 Å². The van der Waals surface area contributed by atoms with Crippen LogP contribution in [0.2, 0.25) is 0 Å². The lowest BCUT2D eigenvalue weighted by Crippen LogP contribution is -2.09. The van der Waals surface area contributed by atoms with Gasteiger partial charge in [-0.05, 0) is 35.7 Å². The standard InChI is InChI=1S/C25H19N7OS/c1-2-23(33)28-15-8-14(10-26-11-15)18-5-6-19-24(30-18)25(32-31-19)20-9-16-17(22-4-3-7-34-22)12-27-13-21(16)29-20/h3-13,29H,2H2,1H3,(H,28,33)(H,31,32). The molecule has 0 aliphatic heterocycles. The van der Waals surface area contributed by atoms with Gasteiger partial charge in [0.2, 0.25) is 5.91 Å². The fourth-order valence-corrected chi connectivity index (χ4v) is 4.70. The molecule has 9 heteroatoms. The number of thiophene rings is 1. The second-order valence-corrected chi connectivity index (χ2v) is 8.79. The summed E-state index contributed by atoms with van der Waals surface area (Å²) in [5.41, 5.74) is 7.39. The molecule has 0 atom stereocenters.